The molecule has 3 rings (SSSR count). The molecule has 0 bridgehead atoms. The van der Waals surface area contributed by atoms with Gasteiger partial charge in [-0.2, -0.15) is 0 Å². The van der Waals surface area contributed by atoms with Gasteiger partial charge in [-0.3, -0.25) is 0 Å². The highest BCUT2D eigenvalue weighted by atomic mass is 35.5. The number of benzene rings is 1. The maximum absolute atomic E-state index is 10.9. The van der Waals surface area contributed by atoms with Gasteiger partial charge in [0.15, 0.2) is 0 Å². The van der Waals surface area contributed by atoms with Crippen LogP contribution < -0.4 is 0 Å². The van der Waals surface area contributed by atoms with E-state index < -0.39 is 5.60 Å². The van der Waals surface area contributed by atoms with Crippen molar-refractivity contribution >= 4 is 11.6 Å². The average molecular weight is 329 g/mol. The monoisotopic (exact) mass is 328 g/mol. The quantitative estimate of drug-likeness (QED) is 0.802. The summed E-state index contributed by atoms with van der Waals surface area (Å²) >= 11 is 5.98. The lowest BCUT2D eigenvalue weighted by atomic mass is 9.82. The van der Waals surface area contributed by atoms with Crippen LogP contribution in [-0.4, -0.2) is 20.3 Å². The largest absolute Gasteiger partial charge is 0.378 e. The molecule has 0 amide bonds. The number of nitrogens with zero attached hydrogens (tertiary/aromatic N) is 2. The Bertz CT molecular complexity index is 771. The van der Waals surface area contributed by atoms with Crippen molar-refractivity contribution in [2.45, 2.75) is 51.2 Å². The van der Waals surface area contributed by atoms with Crippen molar-refractivity contribution in [1.82, 2.24) is 9.55 Å². The van der Waals surface area contributed by atoms with E-state index in [2.05, 4.69) is 27.6 Å². The molecular formula is C19H21ClN2O. The standard InChI is InChI=1S/C19H21ClN2O/c1-14-13-22(15(2)21-14)18-7-4-9-19(23,12-18)10-8-16-5-3-6-17(20)11-16/h3,5-6,11,13,18,23H,4,7,9,12H2,1-2H3/t18-,19+/m0/s1. The fourth-order valence-corrected chi connectivity index (χ4v) is 3.53. The maximum Gasteiger partial charge on any atom is 0.127 e. The Hall–Kier alpha value is -1.76. The molecule has 0 spiro atoms. The summed E-state index contributed by atoms with van der Waals surface area (Å²) in [4.78, 5) is 4.47. The van der Waals surface area contributed by atoms with E-state index in [4.69, 9.17) is 11.6 Å². The fourth-order valence-electron chi connectivity index (χ4n) is 3.34. The van der Waals surface area contributed by atoms with Crippen molar-refractivity contribution in [3.05, 3.63) is 52.6 Å². The van der Waals surface area contributed by atoms with Crippen LogP contribution in [0.2, 0.25) is 5.02 Å². The Labute approximate surface area is 142 Å². The third-order valence-electron chi connectivity index (χ3n) is 4.40. The molecule has 2 atom stereocenters. The molecule has 1 saturated carbocycles. The third kappa shape index (κ3) is 3.77. The normalized spacial score (nSPS) is 24.1. The van der Waals surface area contributed by atoms with E-state index in [0.29, 0.717) is 17.9 Å². The third-order valence-corrected chi connectivity index (χ3v) is 4.63. The first-order valence-electron chi connectivity index (χ1n) is 7.98. The highest BCUT2D eigenvalue weighted by Crippen LogP contribution is 2.36. The minimum Gasteiger partial charge on any atom is -0.378 e. The van der Waals surface area contributed by atoms with Gasteiger partial charge in [0.1, 0.15) is 11.4 Å². The second-order valence-electron chi connectivity index (χ2n) is 6.38. The summed E-state index contributed by atoms with van der Waals surface area (Å²) in [6.07, 6.45) is 5.43. The molecule has 3 nitrogen and oxygen atoms in total. The second kappa shape index (κ2) is 6.39. The Balaban J connectivity index is 1.81. The smallest absolute Gasteiger partial charge is 0.127 e. The van der Waals surface area contributed by atoms with Crippen LogP contribution in [0.4, 0.5) is 0 Å². The molecule has 0 unspecified atom stereocenters. The number of aryl methyl sites for hydroxylation is 2. The van der Waals surface area contributed by atoms with Crippen LogP contribution in [0.3, 0.4) is 0 Å². The maximum atomic E-state index is 10.9. The van der Waals surface area contributed by atoms with Crippen molar-refractivity contribution in [3.63, 3.8) is 0 Å². The van der Waals surface area contributed by atoms with Crippen LogP contribution >= 0.6 is 11.6 Å². The van der Waals surface area contributed by atoms with Crippen molar-refractivity contribution < 1.29 is 5.11 Å². The summed E-state index contributed by atoms with van der Waals surface area (Å²) in [7, 11) is 0. The van der Waals surface area contributed by atoms with E-state index in [0.717, 1.165) is 29.9 Å². The lowest BCUT2D eigenvalue weighted by molar-refractivity contribution is 0.0394. The van der Waals surface area contributed by atoms with E-state index >= 15 is 0 Å². The zero-order valence-corrected chi connectivity index (χ0v) is 14.3. The van der Waals surface area contributed by atoms with E-state index in [1.54, 1.807) is 0 Å². The summed E-state index contributed by atoms with van der Waals surface area (Å²) in [6, 6.07) is 7.68. The molecule has 2 aromatic rings. The molecule has 1 heterocycles. The Morgan fingerprint density at radius 3 is 2.91 bits per heavy atom. The lowest BCUT2D eigenvalue weighted by Gasteiger charge is -2.34. The fraction of sp³-hybridized carbons (Fsp3) is 0.421. The Kier molecular flexibility index (Phi) is 4.48. The van der Waals surface area contributed by atoms with E-state index in [1.807, 2.05) is 38.1 Å². The molecule has 0 radical (unpaired) electrons. The van der Waals surface area contributed by atoms with Crippen LogP contribution in [-0.2, 0) is 0 Å². The van der Waals surface area contributed by atoms with Crippen molar-refractivity contribution in [1.29, 1.82) is 0 Å². The zero-order valence-electron chi connectivity index (χ0n) is 13.5. The Morgan fingerprint density at radius 1 is 1.39 bits per heavy atom. The number of aromatic nitrogens is 2. The lowest BCUT2D eigenvalue weighted by Crippen LogP contribution is -2.35. The first-order chi connectivity index (χ1) is 11.0. The van der Waals surface area contributed by atoms with Gasteiger partial charge in [-0.05, 0) is 51.3 Å². The van der Waals surface area contributed by atoms with Crippen LogP contribution in [0.5, 0.6) is 0 Å². The zero-order chi connectivity index (χ0) is 16.4. The number of imidazole rings is 1. The predicted octanol–water partition coefficient (Wildman–Crippen LogP) is 4.05. The number of aliphatic hydroxyl groups is 1. The molecule has 1 fully saturated rings. The van der Waals surface area contributed by atoms with Gasteiger partial charge in [-0.25, -0.2) is 4.98 Å². The average Bonchev–Trinajstić information content (AvgIpc) is 2.84. The highest BCUT2D eigenvalue weighted by molar-refractivity contribution is 6.30. The molecule has 23 heavy (non-hydrogen) atoms. The van der Waals surface area contributed by atoms with E-state index in [1.165, 1.54) is 0 Å². The van der Waals surface area contributed by atoms with Gasteiger partial charge in [0.05, 0.1) is 5.69 Å². The van der Waals surface area contributed by atoms with Gasteiger partial charge in [-0.15, -0.1) is 0 Å². The van der Waals surface area contributed by atoms with Crippen molar-refractivity contribution in [3.8, 4) is 11.8 Å². The van der Waals surface area contributed by atoms with Gasteiger partial charge in [-0.1, -0.05) is 29.5 Å². The number of hydrogen-bond donors (Lipinski definition) is 1. The van der Waals surface area contributed by atoms with Crippen molar-refractivity contribution in [2.24, 2.45) is 0 Å². The van der Waals surface area contributed by atoms with Crippen molar-refractivity contribution in [2.75, 3.05) is 0 Å². The molecule has 120 valence electrons. The number of rotatable bonds is 1. The SMILES string of the molecule is Cc1cn([C@H]2CCC[C@@](O)(C#Cc3cccc(Cl)c3)C2)c(C)n1. The van der Waals surface area contributed by atoms with Crippen LogP contribution in [0.1, 0.15) is 48.8 Å². The summed E-state index contributed by atoms with van der Waals surface area (Å²) in [5.41, 5.74) is 0.903. The van der Waals surface area contributed by atoms with Gasteiger partial charge >= 0.3 is 0 Å². The number of hydrogen-bond acceptors (Lipinski definition) is 2. The Morgan fingerprint density at radius 2 is 2.22 bits per heavy atom. The summed E-state index contributed by atoms with van der Waals surface area (Å²) in [5, 5.41) is 11.6. The molecule has 1 aliphatic rings. The number of halogens is 1. The van der Waals surface area contributed by atoms with Gasteiger partial charge in [0.25, 0.3) is 0 Å². The minimum absolute atomic E-state index is 0.253. The van der Waals surface area contributed by atoms with Gasteiger partial charge < -0.3 is 9.67 Å². The molecule has 4 heteroatoms. The molecule has 0 saturated heterocycles. The van der Waals surface area contributed by atoms with E-state index in [9.17, 15) is 5.11 Å². The molecular weight excluding hydrogens is 308 g/mol. The van der Waals surface area contributed by atoms with Crippen LogP contribution in [0, 0.1) is 25.7 Å². The van der Waals surface area contributed by atoms with E-state index in [-0.39, 0.29) is 6.04 Å². The molecule has 1 N–H and O–H groups in total. The topological polar surface area (TPSA) is 38.0 Å². The predicted molar refractivity (Wildman–Crippen MR) is 92.5 cm³/mol. The summed E-state index contributed by atoms with van der Waals surface area (Å²) in [6.45, 7) is 4.01. The molecule has 0 aliphatic heterocycles. The first-order valence-corrected chi connectivity index (χ1v) is 8.36. The first kappa shape index (κ1) is 16.1. The van der Waals surface area contributed by atoms with Gasteiger partial charge in [0, 0.05) is 29.2 Å². The van der Waals surface area contributed by atoms with Crippen LogP contribution in [0.15, 0.2) is 30.5 Å². The second-order valence-corrected chi connectivity index (χ2v) is 6.82. The van der Waals surface area contributed by atoms with Crippen LogP contribution in [0.25, 0.3) is 0 Å². The summed E-state index contributed by atoms with van der Waals surface area (Å²) in [5.74, 6) is 7.16. The molecule has 1 aliphatic carbocycles. The molecule has 1 aromatic carbocycles. The van der Waals surface area contributed by atoms with Gasteiger partial charge in [0.2, 0.25) is 0 Å². The summed E-state index contributed by atoms with van der Waals surface area (Å²) < 4.78 is 2.18. The molecule has 1 aromatic heterocycles. The minimum atomic E-state index is -0.949. The highest BCUT2D eigenvalue weighted by Gasteiger charge is 2.34.